The number of rotatable bonds is 5. The summed E-state index contributed by atoms with van der Waals surface area (Å²) >= 11 is 6.50. The van der Waals surface area contributed by atoms with Gasteiger partial charge in [0, 0.05) is 21.1 Å². The van der Waals surface area contributed by atoms with Crippen LogP contribution in [0.2, 0.25) is 0 Å². The number of non-ortho nitro benzene ring substituents is 1. The predicted octanol–water partition coefficient (Wildman–Crippen LogP) is 4.95. The van der Waals surface area contributed by atoms with E-state index < -0.39 is 10.8 Å². The quantitative estimate of drug-likeness (QED) is 0.477. The number of piperidine rings is 1. The van der Waals surface area contributed by atoms with Gasteiger partial charge in [0.1, 0.15) is 5.76 Å². The lowest BCUT2D eigenvalue weighted by Gasteiger charge is -2.25. The van der Waals surface area contributed by atoms with E-state index in [0.29, 0.717) is 21.2 Å². The van der Waals surface area contributed by atoms with Crippen molar-refractivity contribution in [3.05, 3.63) is 54.8 Å². The summed E-state index contributed by atoms with van der Waals surface area (Å²) in [5.74, 6) is 0.540. The maximum Gasteiger partial charge on any atom is 0.291 e. The summed E-state index contributed by atoms with van der Waals surface area (Å²) in [6.07, 6.45) is 3.65. The summed E-state index contributed by atoms with van der Waals surface area (Å²) in [5, 5.41) is 13.6. The van der Waals surface area contributed by atoms with Crippen LogP contribution in [-0.4, -0.2) is 28.8 Å². The minimum Gasteiger partial charge on any atom is -0.455 e. The smallest absolute Gasteiger partial charge is 0.291 e. The van der Waals surface area contributed by atoms with E-state index in [1.54, 1.807) is 6.07 Å². The third kappa shape index (κ3) is 4.52. The number of carbonyl (C=O) groups is 1. The van der Waals surface area contributed by atoms with Crippen LogP contribution in [0.3, 0.4) is 0 Å². The fourth-order valence-corrected chi connectivity index (χ4v) is 4.24. The SMILES string of the molecule is O=C(Nc1c(Br)cc([N+](=O)[O-])cc1Br)c1ccc(CN2CCCCC2)o1. The molecule has 0 bridgehead atoms. The Kier molecular flexibility index (Phi) is 6.10. The number of nitrogens with one attached hydrogen (secondary N) is 1. The van der Waals surface area contributed by atoms with Gasteiger partial charge in [0.05, 0.1) is 17.2 Å². The number of hydrogen-bond donors (Lipinski definition) is 1. The number of nitro benzene ring substituents is 1. The number of nitrogens with zero attached hydrogens (tertiary/aromatic N) is 2. The van der Waals surface area contributed by atoms with Crippen molar-refractivity contribution in [1.29, 1.82) is 0 Å². The summed E-state index contributed by atoms with van der Waals surface area (Å²) in [6.45, 7) is 2.79. The van der Waals surface area contributed by atoms with Crippen LogP contribution in [0, 0.1) is 10.1 Å². The molecule has 3 rings (SSSR count). The number of halogens is 2. The number of furan rings is 1. The monoisotopic (exact) mass is 485 g/mol. The zero-order valence-electron chi connectivity index (χ0n) is 13.8. The topological polar surface area (TPSA) is 88.6 Å². The van der Waals surface area contributed by atoms with E-state index in [0.717, 1.165) is 18.8 Å². The summed E-state index contributed by atoms with van der Waals surface area (Å²) in [4.78, 5) is 25.1. The molecule has 1 aliphatic rings. The van der Waals surface area contributed by atoms with Crippen molar-refractivity contribution in [2.75, 3.05) is 18.4 Å². The van der Waals surface area contributed by atoms with Gasteiger partial charge < -0.3 is 9.73 Å². The number of amides is 1. The molecule has 0 saturated carbocycles. The Bertz CT molecular complexity index is 808. The van der Waals surface area contributed by atoms with Crippen molar-refractivity contribution in [2.45, 2.75) is 25.8 Å². The van der Waals surface area contributed by atoms with Gasteiger partial charge in [0.2, 0.25) is 0 Å². The molecule has 0 aliphatic carbocycles. The molecule has 138 valence electrons. The molecule has 1 aromatic heterocycles. The molecule has 9 heteroatoms. The second kappa shape index (κ2) is 8.32. The van der Waals surface area contributed by atoms with E-state index >= 15 is 0 Å². The first kappa shape index (κ1) is 19.1. The van der Waals surface area contributed by atoms with E-state index in [2.05, 4.69) is 42.1 Å². The highest BCUT2D eigenvalue weighted by Crippen LogP contribution is 2.35. The number of carbonyl (C=O) groups excluding carboxylic acids is 1. The second-order valence-electron chi connectivity index (χ2n) is 6.10. The van der Waals surface area contributed by atoms with Crippen molar-refractivity contribution in [1.82, 2.24) is 4.90 Å². The van der Waals surface area contributed by atoms with Crippen molar-refractivity contribution < 1.29 is 14.1 Å². The molecule has 26 heavy (non-hydrogen) atoms. The molecule has 1 N–H and O–H groups in total. The maximum absolute atomic E-state index is 12.4. The van der Waals surface area contributed by atoms with Gasteiger partial charge in [-0.1, -0.05) is 6.42 Å². The maximum atomic E-state index is 12.4. The average molecular weight is 487 g/mol. The van der Waals surface area contributed by atoms with Crippen LogP contribution in [0.15, 0.2) is 37.6 Å². The first-order valence-corrected chi connectivity index (χ1v) is 9.78. The van der Waals surface area contributed by atoms with E-state index in [-0.39, 0.29) is 11.4 Å². The molecule has 2 heterocycles. The Hall–Kier alpha value is -1.71. The normalized spacial score (nSPS) is 15.0. The highest BCUT2D eigenvalue weighted by molar-refractivity contribution is 9.11. The van der Waals surface area contributed by atoms with E-state index in [1.807, 2.05) is 6.07 Å². The number of hydrogen-bond acceptors (Lipinski definition) is 5. The third-order valence-electron chi connectivity index (χ3n) is 4.19. The van der Waals surface area contributed by atoms with Crippen LogP contribution >= 0.6 is 31.9 Å². The number of anilines is 1. The van der Waals surface area contributed by atoms with Gasteiger partial charge >= 0.3 is 0 Å². The first-order valence-electron chi connectivity index (χ1n) is 8.20. The summed E-state index contributed by atoms with van der Waals surface area (Å²) < 4.78 is 6.49. The van der Waals surface area contributed by atoms with E-state index in [4.69, 9.17) is 4.42 Å². The van der Waals surface area contributed by atoms with Gasteiger partial charge in [0.25, 0.3) is 11.6 Å². The van der Waals surface area contributed by atoms with Gasteiger partial charge in [-0.05, 0) is 69.9 Å². The lowest BCUT2D eigenvalue weighted by Crippen LogP contribution is -2.28. The van der Waals surface area contributed by atoms with Crippen LogP contribution < -0.4 is 5.32 Å². The summed E-state index contributed by atoms with van der Waals surface area (Å²) in [5.41, 5.74) is 0.332. The lowest BCUT2D eigenvalue weighted by atomic mass is 10.1. The van der Waals surface area contributed by atoms with Crippen LogP contribution in [0.5, 0.6) is 0 Å². The Morgan fingerprint density at radius 2 is 1.85 bits per heavy atom. The average Bonchev–Trinajstić information content (AvgIpc) is 3.07. The molecule has 2 aromatic rings. The van der Waals surface area contributed by atoms with Crippen molar-refractivity contribution in [3.63, 3.8) is 0 Å². The summed E-state index contributed by atoms with van der Waals surface area (Å²) in [6, 6.07) is 6.12. The fourth-order valence-electron chi connectivity index (χ4n) is 2.88. The van der Waals surface area contributed by atoms with Crippen LogP contribution in [-0.2, 0) is 6.54 Å². The molecule has 7 nitrogen and oxygen atoms in total. The van der Waals surface area contributed by atoms with Crippen molar-refractivity contribution in [3.8, 4) is 0 Å². The molecule has 0 spiro atoms. The third-order valence-corrected chi connectivity index (χ3v) is 5.44. The highest BCUT2D eigenvalue weighted by atomic mass is 79.9. The van der Waals surface area contributed by atoms with Gasteiger partial charge in [-0.25, -0.2) is 0 Å². The number of benzene rings is 1. The Morgan fingerprint density at radius 1 is 1.19 bits per heavy atom. The van der Waals surface area contributed by atoms with Crippen molar-refractivity contribution >= 4 is 49.1 Å². The molecule has 1 aromatic carbocycles. The number of likely N-dealkylation sites (tertiary alicyclic amines) is 1. The molecule has 1 amide bonds. The van der Waals surface area contributed by atoms with Gasteiger partial charge in [-0.2, -0.15) is 0 Å². The Balaban J connectivity index is 1.69. The Labute approximate surface area is 167 Å². The Morgan fingerprint density at radius 3 is 2.46 bits per heavy atom. The molecular formula is C17H17Br2N3O4. The molecule has 1 aliphatic heterocycles. The van der Waals surface area contributed by atoms with Crippen LogP contribution in [0.1, 0.15) is 35.6 Å². The van der Waals surface area contributed by atoms with Gasteiger partial charge in [0.15, 0.2) is 5.76 Å². The highest BCUT2D eigenvalue weighted by Gasteiger charge is 2.19. The first-order chi connectivity index (χ1) is 12.4. The van der Waals surface area contributed by atoms with E-state index in [1.165, 1.54) is 31.4 Å². The lowest BCUT2D eigenvalue weighted by molar-refractivity contribution is -0.385. The van der Waals surface area contributed by atoms with Gasteiger partial charge in [-0.3, -0.25) is 19.8 Å². The predicted molar refractivity (Wildman–Crippen MR) is 104 cm³/mol. The van der Waals surface area contributed by atoms with Crippen molar-refractivity contribution in [2.24, 2.45) is 0 Å². The molecular weight excluding hydrogens is 470 g/mol. The molecule has 1 fully saturated rings. The molecule has 0 unspecified atom stereocenters. The zero-order chi connectivity index (χ0) is 18.7. The van der Waals surface area contributed by atoms with Crippen LogP contribution in [0.25, 0.3) is 0 Å². The van der Waals surface area contributed by atoms with Gasteiger partial charge in [-0.15, -0.1) is 0 Å². The minimum absolute atomic E-state index is 0.0800. The minimum atomic E-state index is -0.499. The van der Waals surface area contributed by atoms with Crippen LogP contribution in [0.4, 0.5) is 11.4 Å². The zero-order valence-corrected chi connectivity index (χ0v) is 17.0. The molecule has 1 saturated heterocycles. The molecule has 0 atom stereocenters. The second-order valence-corrected chi connectivity index (χ2v) is 7.81. The fraction of sp³-hybridized carbons (Fsp3) is 0.353. The largest absolute Gasteiger partial charge is 0.455 e. The molecule has 0 radical (unpaired) electrons. The number of nitro groups is 1. The standard InChI is InChI=1S/C17H17Br2N3O4/c18-13-8-11(22(24)25)9-14(19)16(13)20-17(23)15-5-4-12(26-15)10-21-6-2-1-3-7-21/h4-5,8-9H,1-3,6-7,10H2,(H,20,23). The van der Waals surface area contributed by atoms with E-state index in [9.17, 15) is 14.9 Å². The summed E-state index contributed by atoms with van der Waals surface area (Å²) in [7, 11) is 0.